The molecule has 0 aliphatic heterocycles. The minimum Gasteiger partial charge on any atom is -0.369 e. The molecule has 0 spiro atoms. The molecule has 7 heteroatoms. The Kier molecular flexibility index (Phi) is 4.59. The van der Waals surface area contributed by atoms with Crippen LogP contribution in [-0.2, 0) is 0 Å². The van der Waals surface area contributed by atoms with Crippen LogP contribution in [0.5, 0.6) is 0 Å². The second-order valence-corrected chi connectivity index (χ2v) is 3.86. The molecule has 0 aliphatic carbocycles. The van der Waals surface area contributed by atoms with E-state index in [1.54, 1.807) is 0 Å². The van der Waals surface area contributed by atoms with Crippen LogP contribution in [0, 0.1) is 11.6 Å². The summed E-state index contributed by atoms with van der Waals surface area (Å²) in [4.78, 5) is 7.67. The normalized spacial score (nSPS) is 12.9. The molecule has 18 heavy (non-hydrogen) atoms. The van der Waals surface area contributed by atoms with Crippen LogP contribution in [-0.4, -0.2) is 18.0 Å². The van der Waals surface area contributed by atoms with Gasteiger partial charge in [-0.3, -0.25) is 0 Å². The Labute approximate surface area is 104 Å². The molecule has 1 aromatic carbocycles. The van der Waals surface area contributed by atoms with E-state index in [1.165, 1.54) is 0 Å². The van der Waals surface area contributed by atoms with Gasteiger partial charge in [-0.05, 0) is 26.0 Å². The lowest BCUT2D eigenvalue weighted by atomic mass is 10.3. The number of nitrogens with one attached hydrogen (secondary N) is 1. The van der Waals surface area contributed by atoms with Gasteiger partial charge in [0.05, 0.1) is 0 Å². The molecule has 0 atom stereocenters. The zero-order valence-corrected chi connectivity index (χ0v) is 10.1. The van der Waals surface area contributed by atoms with Gasteiger partial charge in [0.15, 0.2) is 0 Å². The molecule has 5 N–H and O–H groups in total. The molecule has 0 bridgehead atoms. The van der Waals surface area contributed by atoms with Gasteiger partial charge < -0.3 is 16.8 Å². The molecule has 0 radical (unpaired) electrons. The third-order valence-electron chi connectivity index (χ3n) is 1.76. The van der Waals surface area contributed by atoms with E-state index in [1.807, 2.05) is 13.8 Å². The van der Waals surface area contributed by atoms with Crippen LogP contribution in [0.15, 0.2) is 28.2 Å². The fraction of sp³-hybridized carbons (Fsp3) is 0.273. The van der Waals surface area contributed by atoms with E-state index in [9.17, 15) is 8.78 Å². The summed E-state index contributed by atoms with van der Waals surface area (Å²) in [5.74, 6) is -1.53. The van der Waals surface area contributed by atoms with E-state index in [0.717, 1.165) is 18.2 Å². The highest BCUT2D eigenvalue weighted by Gasteiger charge is 2.02. The van der Waals surface area contributed by atoms with Crippen LogP contribution < -0.4 is 16.8 Å². The van der Waals surface area contributed by atoms with Crippen LogP contribution in [0.25, 0.3) is 0 Å². The van der Waals surface area contributed by atoms with E-state index >= 15 is 0 Å². The second kappa shape index (κ2) is 5.95. The number of nitrogens with two attached hydrogens (primary N) is 2. The number of hydrogen-bond donors (Lipinski definition) is 3. The van der Waals surface area contributed by atoms with Crippen molar-refractivity contribution in [1.82, 2.24) is 0 Å². The molecule has 0 unspecified atom stereocenters. The van der Waals surface area contributed by atoms with E-state index in [-0.39, 0.29) is 23.6 Å². The predicted molar refractivity (Wildman–Crippen MR) is 68.4 cm³/mol. The van der Waals surface area contributed by atoms with Gasteiger partial charge >= 0.3 is 0 Å². The molecule has 1 aromatic rings. The number of benzene rings is 1. The zero-order chi connectivity index (χ0) is 13.7. The summed E-state index contributed by atoms with van der Waals surface area (Å²) in [5.41, 5.74) is 11.1. The number of guanidine groups is 2. The predicted octanol–water partition coefficient (Wildman–Crippen LogP) is 1.41. The average Bonchev–Trinajstić information content (AvgIpc) is 2.12. The molecule has 0 fully saturated rings. The summed E-state index contributed by atoms with van der Waals surface area (Å²) in [6.07, 6.45) is 0. The van der Waals surface area contributed by atoms with Crippen LogP contribution >= 0.6 is 0 Å². The highest BCUT2D eigenvalue weighted by atomic mass is 19.1. The average molecular weight is 255 g/mol. The highest BCUT2D eigenvalue weighted by molar-refractivity contribution is 6.00. The molecule has 5 nitrogen and oxygen atoms in total. The standard InChI is InChI=1S/C11H15F2N5/c1-6(2)16-10(14)18-11(15)17-9-4-7(12)3-8(13)5-9/h3-6H,1-2H3,(H5,14,15,16,17,18). The van der Waals surface area contributed by atoms with Crippen molar-refractivity contribution < 1.29 is 8.78 Å². The summed E-state index contributed by atoms with van der Waals surface area (Å²) in [7, 11) is 0. The van der Waals surface area contributed by atoms with E-state index in [4.69, 9.17) is 11.5 Å². The van der Waals surface area contributed by atoms with Crippen molar-refractivity contribution in [3.63, 3.8) is 0 Å². The zero-order valence-electron chi connectivity index (χ0n) is 10.1. The maximum Gasteiger partial charge on any atom is 0.218 e. The third-order valence-corrected chi connectivity index (χ3v) is 1.76. The number of nitrogens with zero attached hydrogens (tertiary/aromatic N) is 2. The van der Waals surface area contributed by atoms with Crippen LogP contribution in [0.1, 0.15) is 13.8 Å². The smallest absolute Gasteiger partial charge is 0.218 e. The Bertz CT molecular complexity index is 462. The lowest BCUT2D eigenvalue weighted by Gasteiger charge is -2.06. The summed E-state index contributed by atoms with van der Waals surface area (Å²) in [6.45, 7) is 3.65. The minimum absolute atomic E-state index is 0.00752. The van der Waals surface area contributed by atoms with Gasteiger partial charge in [-0.2, -0.15) is 4.99 Å². The van der Waals surface area contributed by atoms with Gasteiger partial charge in [0.25, 0.3) is 0 Å². The molecule has 0 aromatic heterocycles. The lowest BCUT2D eigenvalue weighted by molar-refractivity contribution is 0.584. The number of anilines is 1. The van der Waals surface area contributed by atoms with E-state index in [0.29, 0.717) is 0 Å². The van der Waals surface area contributed by atoms with Crippen molar-refractivity contribution in [2.45, 2.75) is 19.9 Å². The molecule has 98 valence electrons. The first-order chi connectivity index (χ1) is 8.36. The summed E-state index contributed by atoms with van der Waals surface area (Å²) in [5, 5.41) is 2.51. The topological polar surface area (TPSA) is 88.8 Å². The van der Waals surface area contributed by atoms with Gasteiger partial charge in [-0.15, -0.1) is 0 Å². The Morgan fingerprint density at radius 3 is 2.22 bits per heavy atom. The SMILES string of the molecule is CC(C)N=C(N)N=C(N)Nc1cc(F)cc(F)c1. The van der Waals surface area contributed by atoms with Gasteiger partial charge in [0.1, 0.15) is 11.6 Å². The molecule has 0 saturated carbocycles. The van der Waals surface area contributed by atoms with Crippen LogP contribution in [0.2, 0.25) is 0 Å². The highest BCUT2D eigenvalue weighted by Crippen LogP contribution is 2.12. The van der Waals surface area contributed by atoms with Crippen molar-refractivity contribution >= 4 is 17.6 Å². The monoisotopic (exact) mass is 255 g/mol. The molecule has 0 saturated heterocycles. The first-order valence-electron chi connectivity index (χ1n) is 5.27. The summed E-state index contributed by atoms with van der Waals surface area (Å²) >= 11 is 0. The van der Waals surface area contributed by atoms with Gasteiger partial charge in [-0.1, -0.05) is 0 Å². The number of aliphatic imine (C=N–C) groups is 2. The Morgan fingerprint density at radius 1 is 1.17 bits per heavy atom. The van der Waals surface area contributed by atoms with Crippen molar-refractivity contribution in [3.8, 4) is 0 Å². The Hall–Kier alpha value is -2.18. The molecule has 0 heterocycles. The molecular weight excluding hydrogens is 240 g/mol. The van der Waals surface area contributed by atoms with E-state index in [2.05, 4.69) is 15.3 Å². The maximum atomic E-state index is 12.9. The maximum absolute atomic E-state index is 12.9. The quantitative estimate of drug-likeness (QED) is 0.551. The fourth-order valence-electron chi connectivity index (χ4n) is 1.22. The van der Waals surface area contributed by atoms with Gasteiger partial charge in [-0.25, -0.2) is 13.8 Å². The van der Waals surface area contributed by atoms with Crippen molar-refractivity contribution in [2.24, 2.45) is 21.5 Å². The van der Waals surface area contributed by atoms with E-state index < -0.39 is 11.6 Å². The van der Waals surface area contributed by atoms with Gasteiger partial charge in [0.2, 0.25) is 11.9 Å². The van der Waals surface area contributed by atoms with Gasteiger partial charge in [0, 0.05) is 17.8 Å². The minimum atomic E-state index is -0.714. The van der Waals surface area contributed by atoms with Crippen molar-refractivity contribution in [2.75, 3.05) is 5.32 Å². The first-order valence-corrected chi connectivity index (χ1v) is 5.27. The molecule has 0 amide bonds. The largest absolute Gasteiger partial charge is 0.369 e. The third kappa shape index (κ3) is 4.77. The number of rotatable bonds is 2. The van der Waals surface area contributed by atoms with Crippen molar-refractivity contribution in [1.29, 1.82) is 0 Å². The summed E-state index contributed by atoms with van der Waals surface area (Å²) < 4.78 is 25.8. The number of halogens is 2. The van der Waals surface area contributed by atoms with Crippen LogP contribution in [0.3, 0.4) is 0 Å². The molecule has 1 rings (SSSR count). The number of hydrogen-bond acceptors (Lipinski definition) is 1. The lowest BCUT2D eigenvalue weighted by Crippen LogP contribution is -2.26. The molecule has 0 aliphatic rings. The second-order valence-electron chi connectivity index (χ2n) is 3.86. The molecular formula is C11H15F2N5. The van der Waals surface area contributed by atoms with Crippen LogP contribution in [0.4, 0.5) is 14.5 Å². The van der Waals surface area contributed by atoms with Crippen molar-refractivity contribution in [3.05, 3.63) is 29.8 Å². The first kappa shape index (κ1) is 13.9. The Morgan fingerprint density at radius 2 is 1.72 bits per heavy atom. The summed E-state index contributed by atoms with van der Waals surface area (Å²) in [6, 6.07) is 2.91. The fourth-order valence-corrected chi connectivity index (χ4v) is 1.22. The Balaban J connectivity index is 2.81.